The summed E-state index contributed by atoms with van der Waals surface area (Å²) in [6, 6.07) is 3.87. The molecule has 3 nitrogen and oxygen atoms in total. The second-order valence-corrected chi connectivity index (χ2v) is 3.22. The van der Waals surface area contributed by atoms with Gasteiger partial charge in [0.15, 0.2) is 0 Å². The fourth-order valence-electron chi connectivity index (χ4n) is 1.36. The van der Waals surface area contributed by atoms with Gasteiger partial charge in [0.1, 0.15) is 0 Å². The van der Waals surface area contributed by atoms with Crippen molar-refractivity contribution in [2.24, 2.45) is 0 Å². The number of aromatic amines is 1. The van der Waals surface area contributed by atoms with Crippen LogP contribution in [0.4, 0.5) is 0 Å². The van der Waals surface area contributed by atoms with Gasteiger partial charge in [-0.15, -0.1) is 0 Å². The minimum atomic E-state index is -0.124. The number of fused-ring (bicyclic) bond motifs is 1. The highest BCUT2D eigenvalue weighted by Gasteiger charge is 2.00. The topological polar surface area (TPSA) is 45.8 Å². The van der Waals surface area contributed by atoms with Crippen LogP contribution in [0.1, 0.15) is 11.1 Å². The molecule has 2 rings (SSSR count). The minimum Gasteiger partial charge on any atom is -0.267 e. The van der Waals surface area contributed by atoms with E-state index in [1.165, 1.54) is 5.56 Å². The Balaban J connectivity index is 2.97. The molecule has 1 heterocycles. The summed E-state index contributed by atoms with van der Waals surface area (Å²) in [7, 11) is 0. The molecular formula is C10H10N2O. The van der Waals surface area contributed by atoms with E-state index in [-0.39, 0.29) is 5.56 Å². The Morgan fingerprint density at radius 1 is 1.23 bits per heavy atom. The number of H-pyrrole nitrogens is 1. The Kier molecular flexibility index (Phi) is 1.65. The monoisotopic (exact) mass is 174 g/mol. The average molecular weight is 174 g/mol. The molecule has 0 aliphatic heterocycles. The molecule has 1 aromatic carbocycles. The van der Waals surface area contributed by atoms with Crippen LogP contribution in [-0.4, -0.2) is 10.2 Å². The van der Waals surface area contributed by atoms with Gasteiger partial charge in [-0.1, -0.05) is 0 Å². The second kappa shape index (κ2) is 2.69. The smallest absolute Gasteiger partial charge is 0.267 e. The lowest BCUT2D eigenvalue weighted by atomic mass is 10.1. The fourth-order valence-corrected chi connectivity index (χ4v) is 1.36. The van der Waals surface area contributed by atoms with Crippen molar-refractivity contribution in [3.05, 3.63) is 39.8 Å². The van der Waals surface area contributed by atoms with Crippen LogP contribution in [0.15, 0.2) is 23.1 Å². The maximum atomic E-state index is 11.3. The van der Waals surface area contributed by atoms with Crippen LogP contribution in [0, 0.1) is 13.8 Å². The first-order chi connectivity index (χ1) is 6.18. The van der Waals surface area contributed by atoms with Gasteiger partial charge in [0, 0.05) is 5.39 Å². The summed E-state index contributed by atoms with van der Waals surface area (Å²) in [4.78, 5) is 11.3. The molecule has 0 fully saturated rings. The predicted molar refractivity (Wildman–Crippen MR) is 51.8 cm³/mol. The van der Waals surface area contributed by atoms with Gasteiger partial charge in [-0.2, -0.15) is 5.10 Å². The summed E-state index contributed by atoms with van der Waals surface area (Å²) in [5.74, 6) is 0. The van der Waals surface area contributed by atoms with Crippen LogP contribution in [0.25, 0.3) is 10.8 Å². The highest BCUT2D eigenvalue weighted by Crippen LogP contribution is 2.14. The van der Waals surface area contributed by atoms with Crippen LogP contribution in [-0.2, 0) is 0 Å². The van der Waals surface area contributed by atoms with Crippen LogP contribution in [0.5, 0.6) is 0 Å². The molecule has 0 bridgehead atoms. The lowest BCUT2D eigenvalue weighted by molar-refractivity contribution is 1.01. The third-order valence-corrected chi connectivity index (χ3v) is 2.28. The van der Waals surface area contributed by atoms with E-state index in [9.17, 15) is 4.79 Å². The summed E-state index contributed by atoms with van der Waals surface area (Å²) in [6.07, 6.45) is 1.67. The van der Waals surface area contributed by atoms with Gasteiger partial charge in [-0.3, -0.25) is 4.79 Å². The SMILES string of the molecule is Cc1cc2cn[nH]c(=O)c2cc1C. The molecule has 1 N–H and O–H groups in total. The maximum absolute atomic E-state index is 11.3. The molecule has 0 aliphatic carbocycles. The third kappa shape index (κ3) is 1.22. The molecule has 66 valence electrons. The summed E-state index contributed by atoms with van der Waals surface area (Å²) in [6.45, 7) is 4.02. The van der Waals surface area contributed by atoms with Gasteiger partial charge in [0.25, 0.3) is 5.56 Å². The fraction of sp³-hybridized carbons (Fsp3) is 0.200. The molecule has 0 atom stereocenters. The zero-order valence-electron chi connectivity index (χ0n) is 7.59. The number of rotatable bonds is 0. The number of aromatic nitrogens is 2. The van der Waals surface area contributed by atoms with E-state index in [2.05, 4.69) is 10.2 Å². The molecule has 0 unspecified atom stereocenters. The Labute approximate surface area is 75.4 Å². The van der Waals surface area contributed by atoms with Crippen molar-refractivity contribution in [1.29, 1.82) is 0 Å². The Morgan fingerprint density at radius 2 is 1.92 bits per heavy atom. The standard InChI is InChI=1S/C10H10N2O/c1-6-3-8-5-11-12-10(13)9(8)4-7(6)2/h3-5H,1-2H3,(H,12,13). The minimum absolute atomic E-state index is 0.124. The quantitative estimate of drug-likeness (QED) is 0.658. The van der Waals surface area contributed by atoms with Gasteiger partial charge >= 0.3 is 0 Å². The number of hydrogen-bond donors (Lipinski definition) is 1. The van der Waals surface area contributed by atoms with Crippen molar-refractivity contribution in [1.82, 2.24) is 10.2 Å². The van der Waals surface area contributed by atoms with Crippen LogP contribution in [0.2, 0.25) is 0 Å². The molecule has 0 amide bonds. The van der Waals surface area contributed by atoms with Gasteiger partial charge in [-0.25, -0.2) is 5.10 Å². The second-order valence-electron chi connectivity index (χ2n) is 3.22. The van der Waals surface area contributed by atoms with E-state index in [1.807, 2.05) is 26.0 Å². The lowest BCUT2D eigenvalue weighted by Gasteiger charge is -2.01. The maximum Gasteiger partial charge on any atom is 0.272 e. The molecule has 3 heteroatoms. The van der Waals surface area contributed by atoms with Crippen molar-refractivity contribution in [3.63, 3.8) is 0 Å². The molecule has 13 heavy (non-hydrogen) atoms. The molecule has 0 saturated heterocycles. The van der Waals surface area contributed by atoms with Crippen LogP contribution < -0.4 is 5.56 Å². The number of nitrogens with zero attached hydrogens (tertiary/aromatic N) is 1. The summed E-state index contributed by atoms with van der Waals surface area (Å²) >= 11 is 0. The number of hydrogen-bond acceptors (Lipinski definition) is 2. The molecule has 0 aliphatic rings. The highest BCUT2D eigenvalue weighted by molar-refractivity contribution is 5.82. The van der Waals surface area contributed by atoms with E-state index in [1.54, 1.807) is 6.20 Å². The van der Waals surface area contributed by atoms with E-state index >= 15 is 0 Å². The van der Waals surface area contributed by atoms with E-state index in [0.29, 0.717) is 5.39 Å². The first kappa shape index (κ1) is 7.98. The number of aryl methyl sites for hydroxylation is 2. The zero-order valence-corrected chi connectivity index (χ0v) is 7.59. The van der Waals surface area contributed by atoms with Gasteiger partial charge in [0.2, 0.25) is 0 Å². The average Bonchev–Trinajstić information content (AvgIpc) is 2.09. The normalized spacial score (nSPS) is 10.6. The molecular weight excluding hydrogens is 164 g/mol. The van der Waals surface area contributed by atoms with Crippen molar-refractivity contribution in [2.75, 3.05) is 0 Å². The molecule has 0 spiro atoms. The number of nitrogens with one attached hydrogen (secondary N) is 1. The van der Waals surface area contributed by atoms with Gasteiger partial charge < -0.3 is 0 Å². The Morgan fingerprint density at radius 3 is 2.69 bits per heavy atom. The van der Waals surface area contributed by atoms with Crippen molar-refractivity contribution in [3.8, 4) is 0 Å². The highest BCUT2D eigenvalue weighted by atomic mass is 16.1. The van der Waals surface area contributed by atoms with E-state index in [0.717, 1.165) is 10.9 Å². The van der Waals surface area contributed by atoms with Crippen LogP contribution in [0.3, 0.4) is 0 Å². The summed E-state index contributed by atoms with van der Waals surface area (Å²) in [5, 5.41) is 7.76. The molecule has 1 aromatic heterocycles. The van der Waals surface area contributed by atoms with Crippen molar-refractivity contribution >= 4 is 10.8 Å². The first-order valence-electron chi connectivity index (χ1n) is 4.13. The molecule has 0 radical (unpaired) electrons. The first-order valence-corrected chi connectivity index (χ1v) is 4.13. The summed E-state index contributed by atoms with van der Waals surface area (Å²) in [5.41, 5.74) is 2.18. The van der Waals surface area contributed by atoms with Crippen molar-refractivity contribution in [2.45, 2.75) is 13.8 Å². The van der Waals surface area contributed by atoms with Gasteiger partial charge in [0.05, 0.1) is 11.6 Å². The molecule has 2 aromatic rings. The van der Waals surface area contributed by atoms with E-state index in [4.69, 9.17) is 0 Å². The van der Waals surface area contributed by atoms with E-state index < -0.39 is 0 Å². The largest absolute Gasteiger partial charge is 0.272 e. The Bertz CT molecular complexity index is 514. The zero-order chi connectivity index (χ0) is 9.42. The van der Waals surface area contributed by atoms with Crippen molar-refractivity contribution < 1.29 is 0 Å². The van der Waals surface area contributed by atoms with Crippen LogP contribution >= 0.6 is 0 Å². The predicted octanol–water partition coefficient (Wildman–Crippen LogP) is 1.54. The third-order valence-electron chi connectivity index (χ3n) is 2.28. The van der Waals surface area contributed by atoms with Gasteiger partial charge in [-0.05, 0) is 37.1 Å². The lowest BCUT2D eigenvalue weighted by Crippen LogP contribution is -2.07. The Hall–Kier alpha value is -1.64. The molecule has 0 saturated carbocycles. The summed E-state index contributed by atoms with van der Waals surface area (Å²) < 4.78 is 0. The number of benzene rings is 1.